The van der Waals surface area contributed by atoms with Gasteiger partial charge in [0.15, 0.2) is 13.5 Å². The molecule has 0 aliphatic carbocycles. The van der Waals surface area contributed by atoms with Crippen molar-refractivity contribution in [1.29, 1.82) is 0 Å². The van der Waals surface area contributed by atoms with E-state index in [0.717, 1.165) is 22.0 Å². The Morgan fingerprint density at radius 2 is 1.06 bits per heavy atom. The lowest BCUT2D eigenvalue weighted by molar-refractivity contribution is -0.0454. The van der Waals surface area contributed by atoms with Crippen molar-refractivity contribution in [3.05, 3.63) is 23.8 Å². The molecule has 0 bridgehead atoms. The van der Waals surface area contributed by atoms with Gasteiger partial charge in [0.1, 0.15) is 0 Å². The van der Waals surface area contributed by atoms with Crippen molar-refractivity contribution in [2.24, 2.45) is 0 Å². The minimum absolute atomic E-state index is 0.0399. The van der Waals surface area contributed by atoms with Crippen molar-refractivity contribution in [3.8, 4) is 0 Å². The lowest BCUT2D eigenvalue weighted by atomic mass is 10.5. The third-order valence-electron chi connectivity index (χ3n) is 2.92. The van der Waals surface area contributed by atoms with Gasteiger partial charge in [-0.2, -0.15) is 56.3 Å². The molecule has 0 saturated carbocycles. The second-order valence-electron chi connectivity index (χ2n) is 5.24. The molecule has 2 aromatic rings. The summed E-state index contributed by atoms with van der Waals surface area (Å²) in [5, 5.41) is 30.9. The normalized spacial score (nSPS) is 13.0. The molecule has 0 amide bonds. The van der Waals surface area contributed by atoms with Crippen LogP contribution in [-0.4, -0.2) is 68.1 Å². The van der Waals surface area contributed by atoms with Crippen LogP contribution in [0.25, 0.3) is 0 Å². The smallest absolute Gasteiger partial charge is 0.373 e. The van der Waals surface area contributed by atoms with Crippen LogP contribution in [-0.2, 0) is 46.6 Å². The molecule has 0 aromatic carbocycles. The Bertz CT molecular complexity index is 994. The summed E-state index contributed by atoms with van der Waals surface area (Å²) >= 11 is 0. The zero-order valence-corrected chi connectivity index (χ0v) is 16.9. The van der Waals surface area contributed by atoms with Gasteiger partial charge in [0.2, 0.25) is 0 Å². The third kappa shape index (κ3) is 7.94. The van der Waals surface area contributed by atoms with Crippen molar-refractivity contribution in [1.82, 2.24) is 39.4 Å². The quantitative estimate of drug-likeness (QED) is 0.293. The third-order valence-corrected chi connectivity index (χ3v) is 5.18. The van der Waals surface area contributed by atoms with Crippen molar-refractivity contribution >= 4 is 20.0 Å². The van der Waals surface area contributed by atoms with Gasteiger partial charge in [0.25, 0.3) is 0 Å². The number of sulfonamides is 2. The van der Waals surface area contributed by atoms with Crippen molar-refractivity contribution in [3.63, 3.8) is 0 Å². The van der Waals surface area contributed by atoms with Gasteiger partial charge in [-0.15, -0.1) is 0 Å². The predicted molar refractivity (Wildman–Crippen MR) is 88.1 cm³/mol. The number of hydrogen-bond acceptors (Lipinski definition) is 10. The maximum Gasteiger partial charge on any atom is 0.511 e. The highest BCUT2D eigenvalue weighted by Crippen LogP contribution is 2.22. The number of rotatable bonds is 8. The Morgan fingerprint density at radius 3 is 1.28 bits per heavy atom. The molecule has 14 nitrogen and oxygen atoms in total. The van der Waals surface area contributed by atoms with Crippen LogP contribution in [0.2, 0.25) is 0 Å². The van der Waals surface area contributed by atoms with E-state index in [1.165, 1.54) is 9.44 Å². The Kier molecular flexibility index (Phi) is 9.05. The molecule has 0 radical (unpaired) electrons. The maximum atomic E-state index is 11.9. The number of halogens is 6. The van der Waals surface area contributed by atoms with E-state index in [2.05, 4.69) is 20.4 Å². The average Bonchev–Trinajstić information content (AvgIpc) is 3.32. The van der Waals surface area contributed by atoms with Crippen LogP contribution in [0.4, 0.5) is 26.3 Å². The Morgan fingerprint density at radius 1 is 0.750 bits per heavy atom. The number of nitrogens with one attached hydrogen (secondary N) is 2. The number of nitrogens with zero attached hydrogens (tertiary/aromatic N) is 6. The van der Waals surface area contributed by atoms with Crippen molar-refractivity contribution in [2.75, 3.05) is 0 Å². The number of aliphatic hydroxyl groups is 2. The number of alkyl halides is 6. The molecular formula is C10H14F6N8O6S2. The second-order valence-corrected chi connectivity index (χ2v) is 8.76. The van der Waals surface area contributed by atoms with Gasteiger partial charge in [-0.1, -0.05) is 0 Å². The molecule has 0 saturated heterocycles. The molecule has 2 heterocycles. The van der Waals surface area contributed by atoms with Crippen LogP contribution in [0.5, 0.6) is 0 Å². The summed E-state index contributed by atoms with van der Waals surface area (Å²) in [5.41, 5.74) is -10.8. The zero-order valence-electron chi connectivity index (χ0n) is 15.3. The van der Waals surface area contributed by atoms with Crippen LogP contribution < -0.4 is 9.44 Å². The number of aromatic nitrogens is 6. The van der Waals surface area contributed by atoms with Gasteiger partial charge in [-0.05, 0) is 0 Å². The van der Waals surface area contributed by atoms with Crippen molar-refractivity contribution < 1.29 is 53.4 Å². The molecule has 2 rings (SSSR count). The van der Waals surface area contributed by atoms with Gasteiger partial charge in [0, 0.05) is 0 Å². The molecular weight excluding hydrogens is 506 g/mol. The van der Waals surface area contributed by atoms with E-state index >= 15 is 0 Å². The van der Waals surface area contributed by atoms with E-state index in [-0.39, 0.29) is 11.4 Å². The molecule has 184 valence electrons. The standard InChI is InChI=1S/2C5H7F3N4O3S/c2*6-5(7,8)16(14,15)10-2-4-1-9-12(3-13)11-4/h2*1,10,13H,2-3H2. The topological polar surface area (TPSA) is 194 Å². The SMILES string of the molecule is O=S(=O)(NCc1cnn(CO)n1)C(F)(F)F.O=S(=O)(NCc1cnn(CO)n1)C(F)(F)F. The van der Waals surface area contributed by atoms with Crippen LogP contribution in [0.15, 0.2) is 12.4 Å². The summed E-state index contributed by atoms with van der Waals surface area (Å²) in [7, 11) is -10.8. The maximum absolute atomic E-state index is 11.9. The predicted octanol–water partition coefficient (Wildman–Crippen LogP) is -1.67. The second kappa shape index (κ2) is 10.5. The van der Waals surface area contributed by atoms with Crippen LogP contribution in [0.1, 0.15) is 11.4 Å². The zero-order chi connectivity index (χ0) is 24.8. The largest absolute Gasteiger partial charge is 0.511 e. The molecule has 0 aliphatic heterocycles. The molecule has 0 spiro atoms. The Labute approximate surface area is 174 Å². The summed E-state index contributed by atoms with van der Waals surface area (Å²) in [6.07, 6.45) is 2.07. The highest BCUT2D eigenvalue weighted by atomic mass is 32.2. The first kappa shape index (κ1) is 27.6. The minimum Gasteiger partial charge on any atom is -0.373 e. The minimum atomic E-state index is -5.38. The first-order chi connectivity index (χ1) is 14.5. The summed E-state index contributed by atoms with van der Waals surface area (Å²) in [6.45, 7) is -2.40. The average molecular weight is 520 g/mol. The van der Waals surface area contributed by atoms with Crippen LogP contribution in [0.3, 0.4) is 0 Å². The van der Waals surface area contributed by atoms with E-state index in [1.807, 2.05) is 0 Å². The van der Waals surface area contributed by atoms with Gasteiger partial charge < -0.3 is 10.2 Å². The molecule has 0 unspecified atom stereocenters. The number of hydrogen-bond donors (Lipinski definition) is 4. The molecule has 0 fully saturated rings. The summed E-state index contributed by atoms with van der Waals surface area (Å²) in [6, 6.07) is 0. The lowest BCUT2D eigenvalue weighted by Gasteiger charge is -2.07. The molecule has 0 aliphatic rings. The molecule has 22 heteroatoms. The molecule has 4 N–H and O–H groups in total. The Hall–Kier alpha value is -2.40. The molecule has 32 heavy (non-hydrogen) atoms. The fourth-order valence-electron chi connectivity index (χ4n) is 1.47. The van der Waals surface area contributed by atoms with E-state index in [0.29, 0.717) is 0 Å². The first-order valence-electron chi connectivity index (χ1n) is 7.64. The first-order valence-corrected chi connectivity index (χ1v) is 10.6. The van der Waals surface area contributed by atoms with Gasteiger partial charge >= 0.3 is 31.1 Å². The van der Waals surface area contributed by atoms with Gasteiger partial charge in [-0.25, -0.2) is 26.3 Å². The molecule has 2 aromatic heterocycles. The molecule has 0 atom stereocenters. The number of aliphatic hydroxyl groups excluding tert-OH is 2. The van der Waals surface area contributed by atoms with Crippen LogP contribution >= 0.6 is 0 Å². The van der Waals surface area contributed by atoms with E-state index in [1.54, 1.807) is 0 Å². The fraction of sp³-hybridized carbons (Fsp3) is 0.600. The Balaban J connectivity index is 0.000000320. The highest BCUT2D eigenvalue weighted by Gasteiger charge is 2.46. The van der Waals surface area contributed by atoms with Gasteiger partial charge in [0.05, 0.1) is 36.9 Å². The summed E-state index contributed by atoms with van der Waals surface area (Å²) in [5.74, 6) is 0. The van der Waals surface area contributed by atoms with Crippen molar-refractivity contribution in [2.45, 2.75) is 37.6 Å². The summed E-state index contributed by atoms with van der Waals surface area (Å²) in [4.78, 5) is 1.58. The van der Waals surface area contributed by atoms with Crippen LogP contribution in [0, 0.1) is 0 Å². The van der Waals surface area contributed by atoms with Gasteiger partial charge in [-0.3, -0.25) is 0 Å². The lowest BCUT2D eigenvalue weighted by Crippen LogP contribution is -2.36. The van der Waals surface area contributed by atoms with E-state index < -0.39 is 57.6 Å². The van der Waals surface area contributed by atoms with E-state index in [9.17, 15) is 43.2 Å². The summed E-state index contributed by atoms with van der Waals surface area (Å²) < 4.78 is 116. The monoisotopic (exact) mass is 520 g/mol. The highest BCUT2D eigenvalue weighted by molar-refractivity contribution is 7.90. The van der Waals surface area contributed by atoms with E-state index in [4.69, 9.17) is 10.2 Å². The fourth-order valence-corrected chi connectivity index (χ4v) is 2.47.